The van der Waals surface area contributed by atoms with E-state index in [-0.39, 0.29) is 0 Å². The quantitative estimate of drug-likeness (QED) is 0.909. The standard InChI is InChI=1S/C17H23N3S/c1-2-15(16-6-5-13-21-16)19-14-8-11-20(12-9-14)17-7-3-4-10-18-17/h3-7,10,13-15,19H,2,8-9,11-12H2,1H3. The second-order valence-corrected chi connectivity index (χ2v) is 6.57. The fourth-order valence-corrected chi connectivity index (χ4v) is 3.86. The van der Waals surface area contributed by atoms with Gasteiger partial charge in [-0.15, -0.1) is 11.3 Å². The molecule has 1 saturated heterocycles. The fourth-order valence-electron chi connectivity index (χ4n) is 2.99. The molecule has 0 bridgehead atoms. The lowest BCUT2D eigenvalue weighted by Crippen LogP contribution is -2.43. The third-order valence-electron chi connectivity index (χ3n) is 4.20. The van der Waals surface area contributed by atoms with Gasteiger partial charge in [-0.1, -0.05) is 19.1 Å². The second kappa shape index (κ2) is 7.05. The van der Waals surface area contributed by atoms with Crippen LogP contribution in [0.2, 0.25) is 0 Å². The summed E-state index contributed by atoms with van der Waals surface area (Å²) in [4.78, 5) is 8.31. The molecule has 0 spiro atoms. The van der Waals surface area contributed by atoms with Gasteiger partial charge in [-0.3, -0.25) is 0 Å². The summed E-state index contributed by atoms with van der Waals surface area (Å²) in [6.45, 7) is 4.45. The molecule has 3 nitrogen and oxygen atoms in total. The molecule has 21 heavy (non-hydrogen) atoms. The largest absolute Gasteiger partial charge is 0.357 e. The highest BCUT2D eigenvalue weighted by atomic mass is 32.1. The van der Waals surface area contributed by atoms with Gasteiger partial charge in [0.1, 0.15) is 5.82 Å². The van der Waals surface area contributed by atoms with E-state index < -0.39 is 0 Å². The van der Waals surface area contributed by atoms with Crippen LogP contribution in [0.15, 0.2) is 41.9 Å². The van der Waals surface area contributed by atoms with E-state index in [1.54, 1.807) is 0 Å². The number of nitrogens with one attached hydrogen (secondary N) is 1. The molecule has 1 unspecified atom stereocenters. The summed E-state index contributed by atoms with van der Waals surface area (Å²) in [5.41, 5.74) is 0. The van der Waals surface area contributed by atoms with Gasteiger partial charge in [-0.05, 0) is 42.8 Å². The summed E-state index contributed by atoms with van der Waals surface area (Å²) in [6, 6.07) is 11.7. The highest BCUT2D eigenvalue weighted by molar-refractivity contribution is 7.10. The third-order valence-corrected chi connectivity index (χ3v) is 5.19. The van der Waals surface area contributed by atoms with Crippen molar-refractivity contribution in [1.82, 2.24) is 10.3 Å². The van der Waals surface area contributed by atoms with Crippen LogP contribution in [0.4, 0.5) is 5.82 Å². The van der Waals surface area contributed by atoms with E-state index in [1.807, 2.05) is 23.6 Å². The van der Waals surface area contributed by atoms with Crippen molar-refractivity contribution in [2.75, 3.05) is 18.0 Å². The fraction of sp³-hybridized carbons (Fsp3) is 0.471. The van der Waals surface area contributed by atoms with Crippen LogP contribution in [0.25, 0.3) is 0 Å². The summed E-state index contributed by atoms with van der Waals surface area (Å²) in [5, 5.41) is 6.01. The highest BCUT2D eigenvalue weighted by Gasteiger charge is 2.22. The van der Waals surface area contributed by atoms with Crippen LogP contribution in [0.3, 0.4) is 0 Å². The van der Waals surface area contributed by atoms with E-state index >= 15 is 0 Å². The Hall–Kier alpha value is -1.39. The number of pyridine rings is 1. The van der Waals surface area contributed by atoms with Crippen molar-refractivity contribution in [3.63, 3.8) is 0 Å². The Labute approximate surface area is 131 Å². The first kappa shape index (κ1) is 14.5. The molecule has 1 fully saturated rings. The first-order valence-corrected chi connectivity index (χ1v) is 8.70. The predicted octanol–water partition coefficient (Wildman–Crippen LogP) is 3.85. The molecular weight excluding hydrogens is 278 g/mol. The Kier molecular flexibility index (Phi) is 4.88. The lowest BCUT2D eigenvalue weighted by molar-refractivity contribution is 0.366. The number of anilines is 1. The number of aromatic nitrogens is 1. The molecule has 0 radical (unpaired) electrons. The van der Waals surface area contributed by atoms with Crippen molar-refractivity contribution in [1.29, 1.82) is 0 Å². The average Bonchev–Trinajstić information content (AvgIpc) is 3.08. The molecule has 0 aromatic carbocycles. The van der Waals surface area contributed by atoms with Gasteiger partial charge in [0.05, 0.1) is 0 Å². The number of thiophene rings is 1. The molecule has 1 atom stereocenters. The topological polar surface area (TPSA) is 28.2 Å². The lowest BCUT2D eigenvalue weighted by Gasteiger charge is -2.35. The van der Waals surface area contributed by atoms with Gasteiger partial charge in [0.25, 0.3) is 0 Å². The van der Waals surface area contributed by atoms with E-state index in [4.69, 9.17) is 0 Å². The maximum absolute atomic E-state index is 4.45. The van der Waals surface area contributed by atoms with E-state index in [2.05, 4.69) is 51.8 Å². The van der Waals surface area contributed by atoms with Crippen LogP contribution in [0, 0.1) is 0 Å². The summed E-state index contributed by atoms with van der Waals surface area (Å²) >= 11 is 1.86. The molecule has 2 aromatic rings. The summed E-state index contributed by atoms with van der Waals surface area (Å²) in [7, 11) is 0. The zero-order valence-corrected chi connectivity index (χ0v) is 13.4. The summed E-state index contributed by atoms with van der Waals surface area (Å²) in [5.74, 6) is 1.11. The molecule has 0 saturated carbocycles. The van der Waals surface area contributed by atoms with Gasteiger partial charge < -0.3 is 10.2 Å². The Morgan fingerprint density at radius 2 is 2.14 bits per heavy atom. The van der Waals surface area contributed by atoms with Gasteiger partial charge in [-0.2, -0.15) is 0 Å². The number of hydrogen-bond acceptors (Lipinski definition) is 4. The van der Waals surface area contributed by atoms with E-state index in [9.17, 15) is 0 Å². The van der Waals surface area contributed by atoms with Gasteiger partial charge in [0.2, 0.25) is 0 Å². The van der Waals surface area contributed by atoms with Crippen molar-refractivity contribution < 1.29 is 0 Å². The van der Waals surface area contributed by atoms with Crippen LogP contribution in [0.1, 0.15) is 37.1 Å². The Balaban J connectivity index is 1.54. The molecule has 112 valence electrons. The number of piperidine rings is 1. The SMILES string of the molecule is CCC(NC1CCN(c2ccccn2)CC1)c1cccs1. The molecule has 0 amide bonds. The molecule has 1 N–H and O–H groups in total. The average molecular weight is 301 g/mol. The summed E-state index contributed by atoms with van der Waals surface area (Å²) < 4.78 is 0. The smallest absolute Gasteiger partial charge is 0.128 e. The van der Waals surface area contributed by atoms with Crippen molar-refractivity contribution in [2.24, 2.45) is 0 Å². The minimum atomic E-state index is 0.511. The van der Waals surface area contributed by atoms with Crippen molar-refractivity contribution in [3.05, 3.63) is 46.8 Å². The Morgan fingerprint density at radius 1 is 1.29 bits per heavy atom. The number of hydrogen-bond donors (Lipinski definition) is 1. The molecule has 1 aliphatic rings. The zero-order valence-electron chi connectivity index (χ0n) is 12.5. The second-order valence-electron chi connectivity index (χ2n) is 5.59. The van der Waals surface area contributed by atoms with Crippen LogP contribution < -0.4 is 10.2 Å². The predicted molar refractivity (Wildman–Crippen MR) is 90.0 cm³/mol. The minimum Gasteiger partial charge on any atom is -0.357 e. The first-order chi connectivity index (χ1) is 10.4. The lowest BCUT2D eigenvalue weighted by atomic mass is 10.0. The van der Waals surface area contributed by atoms with E-state index in [1.165, 1.54) is 17.7 Å². The van der Waals surface area contributed by atoms with Crippen LogP contribution in [0.5, 0.6) is 0 Å². The van der Waals surface area contributed by atoms with Gasteiger partial charge in [0.15, 0.2) is 0 Å². The normalized spacial score (nSPS) is 17.9. The highest BCUT2D eigenvalue weighted by Crippen LogP contribution is 2.25. The van der Waals surface area contributed by atoms with E-state index in [0.717, 1.165) is 25.3 Å². The monoisotopic (exact) mass is 301 g/mol. The van der Waals surface area contributed by atoms with Crippen LogP contribution in [-0.4, -0.2) is 24.1 Å². The van der Waals surface area contributed by atoms with Crippen LogP contribution in [-0.2, 0) is 0 Å². The summed E-state index contributed by atoms with van der Waals surface area (Å²) in [6.07, 6.45) is 5.42. The Morgan fingerprint density at radius 3 is 2.76 bits per heavy atom. The molecule has 2 aromatic heterocycles. The maximum atomic E-state index is 4.45. The zero-order chi connectivity index (χ0) is 14.5. The molecule has 3 rings (SSSR count). The van der Waals surface area contributed by atoms with Gasteiger partial charge >= 0.3 is 0 Å². The van der Waals surface area contributed by atoms with E-state index in [0.29, 0.717) is 12.1 Å². The molecule has 0 aliphatic carbocycles. The molecular formula is C17H23N3S. The van der Waals surface area contributed by atoms with Crippen molar-refractivity contribution in [3.8, 4) is 0 Å². The number of nitrogens with zero attached hydrogens (tertiary/aromatic N) is 2. The third kappa shape index (κ3) is 3.63. The maximum Gasteiger partial charge on any atom is 0.128 e. The van der Waals surface area contributed by atoms with Gasteiger partial charge in [-0.25, -0.2) is 4.98 Å². The first-order valence-electron chi connectivity index (χ1n) is 7.82. The molecule has 1 aliphatic heterocycles. The van der Waals surface area contributed by atoms with Crippen LogP contribution >= 0.6 is 11.3 Å². The van der Waals surface area contributed by atoms with Gasteiger partial charge in [0, 0.05) is 36.2 Å². The number of rotatable bonds is 5. The molecule has 4 heteroatoms. The minimum absolute atomic E-state index is 0.511. The Bertz CT molecular complexity index is 518. The van der Waals surface area contributed by atoms with Crippen molar-refractivity contribution >= 4 is 17.2 Å². The van der Waals surface area contributed by atoms with Crippen molar-refractivity contribution in [2.45, 2.75) is 38.3 Å². The molecule has 3 heterocycles.